The summed E-state index contributed by atoms with van der Waals surface area (Å²) in [5.74, 6) is -0.395. The normalized spacial score (nSPS) is 10.4. The van der Waals surface area contributed by atoms with E-state index in [0.29, 0.717) is 22.3 Å². The van der Waals surface area contributed by atoms with Crippen LogP contribution in [0, 0.1) is 0 Å². The van der Waals surface area contributed by atoms with Crippen LogP contribution in [0.15, 0.2) is 30.5 Å². The summed E-state index contributed by atoms with van der Waals surface area (Å²) in [6, 6.07) is 6.93. The SMILES string of the molecule is CCOC(=O)c1[nH]ccc1-c1cc(Cl)cc(Cl)c1. The van der Waals surface area contributed by atoms with E-state index >= 15 is 0 Å². The topological polar surface area (TPSA) is 42.1 Å². The highest BCUT2D eigenvalue weighted by Gasteiger charge is 2.15. The zero-order valence-corrected chi connectivity index (χ0v) is 11.2. The van der Waals surface area contributed by atoms with Gasteiger partial charge in [0.2, 0.25) is 0 Å². The third kappa shape index (κ3) is 2.68. The van der Waals surface area contributed by atoms with Crippen LogP contribution in [0.25, 0.3) is 11.1 Å². The molecule has 18 heavy (non-hydrogen) atoms. The summed E-state index contributed by atoms with van der Waals surface area (Å²) in [6.07, 6.45) is 1.68. The molecule has 0 bridgehead atoms. The van der Waals surface area contributed by atoms with Crippen molar-refractivity contribution < 1.29 is 9.53 Å². The predicted octanol–water partition coefficient (Wildman–Crippen LogP) is 4.17. The van der Waals surface area contributed by atoms with Crippen LogP contribution in [-0.4, -0.2) is 17.6 Å². The molecule has 0 saturated heterocycles. The first-order chi connectivity index (χ1) is 8.61. The van der Waals surface area contributed by atoms with Crippen LogP contribution in [0.2, 0.25) is 10.0 Å². The minimum Gasteiger partial charge on any atom is -0.461 e. The van der Waals surface area contributed by atoms with Gasteiger partial charge in [-0.25, -0.2) is 4.79 Å². The molecule has 0 spiro atoms. The summed E-state index contributed by atoms with van der Waals surface area (Å²) in [5, 5.41) is 1.04. The Morgan fingerprint density at radius 1 is 1.28 bits per heavy atom. The van der Waals surface area contributed by atoms with Gasteiger partial charge in [-0.15, -0.1) is 0 Å². The van der Waals surface area contributed by atoms with E-state index in [2.05, 4.69) is 4.98 Å². The van der Waals surface area contributed by atoms with Gasteiger partial charge in [-0.1, -0.05) is 23.2 Å². The molecule has 94 valence electrons. The summed E-state index contributed by atoms with van der Waals surface area (Å²) in [4.78, 5) is 14.6. The number of aromatic amines is 1. The molecule has 1 N–H and O–H groups in total. The van der Waals surface area contributed by atoms with Crippen molar-refractivity contribution in [3.05, 3.63) is 46.2 Å². The van der Waals surface area contributed by atoms with Gasteiger partial charge in [-0.05, 0) is 36.8 Å². The average molecular weight is 284 g/mol. The highest BCUT2D eigenvalue weighted by atomic mass is 35.5. The maximum atomic E-state index is 11.8. The van der Waals surface area contributed by atoms with Crippen molar-refractivity contribution in [2.45, 2.75) is 6.92 Å². The molecule has 5 heteroatoms. The third-order valence-corrected chi connectivity index (χ3v) is 2.84. The second kappa shape index (κ2) is 5.46. The lowest BCUT2D eigenvalue weighted by Crippen LogP contribution is -2.06. The first-order valence-corrected chi connectivity index (χ1v) is 6.18. The van der Waals surface area contributed by atoms with E-state index < -0.39 is 5.97 Å². The Balaban J connectivity index is 2.45. The van der Waals surface area contributed by atoms with Crippen molar-refractivity contribution in [1.82, 2.24) is 4.98 Å². The standard InChI is InChI=1S/C13H11Cl2NO2/c1-2-18-13(17)12-11(3-4-16-12)8-5-9(14)7-10(15)6-8/h3-7,16H,2H2,1H3. The van der Waals surface area contributed by atoms with Crippen molar-refractivity contribution in [2.24, 2.45) is 0 Å². The molecular weight excluding hydrogens is 273 g/mol. The van der Waals surface area contributed by atoms with E-state index in [-0.39, 0.29) is 0 Å². The number of esters is 1. The van der Waals surface area contributed by atoms with Gasteiger partial charge in [0.25, 0.3) is 0 Å². The Labute approximate surface area is 115 Å². The number of halogens is 2. The highest BCUT2D eigenvalue weighted by molar-refractivity contribution is 6.35. The third-order valence-electron chi connectivity index (χ3n) is 2.40. The van der Waals surface area contributed by atoms with Crippen molar-refractivity contribution in [3.63, 3.8) is 0 Å². The molecule has 0 unspecified atom stereocenters. The monoisotopic (exact) mass is 283 g/mol. The Bertz CT molecular complexity index is 558. The lowest BCUT2D eigenvalue weighted by atomic mass is 10.1. The molecule has 1 heterocycles. The largest absolute Gasteiger partial charge is 0.461 e. The van der Waals surface area contributed by atoms with E-state index in [0.717, 1.165) is 11.1 Å². The van der Waals surface area contributed by atoms with Crippen LogP contribution in [0.5, 0.6) is 0 Å². The van der Waals surface area contributed by atoms with Crippen molar-refractivity contribution in [2.75, 3.05) is 6.61 Å². The molecule has 2 aromatic rings. The number of nitrogens with one attached hydrogen (secondary N) is 1. The lowest BCUT2D eigenvalue weighted by Gasteiger charge is -2.05. The molecular formula is C13H11Cl2NO2. The minimum absolute atomic E-state index is 0.327. The molecule has 0 aliphatic rings. The van der Waals surface area contributed by atoms with Crippen LogP contribution in [-0.2, 0) is 4.74 Å². The fraction of sp³-hybridized carbons (Fsp3) is 0.154. The van der Waals surface area contributed by atoms with Gasteiger partial charge in [0.15, 0.2) is 0 Å². The summed E-state index contributed by atoms with van der Waals surface area (Å²) in [5.41, 5.74) is 1.89. The minimum atomic E-state index is -0.395. The van der Waals surface area contributed by atoms with Crippen molar-refractivity contribution >= 4 is 29.2 Å². The van der Waals surface area contributed by atoms with Crippen LogP contribution in [0.1, 0.15) is 17.4 Å². The second-order valence-electron chi connectivity index (χ2n) is 3.64. The van der Waals surface area contributed by atoms with Gasteiger partial charge in [0.05, 0.1) is 6.61 Å². The molecule has 0 amide bonds. The number of ether oxygens (including phenoxy) is 1. The van der Waals surface area contributed by atoms with Crippen LogP contribution < -0.4 is 0 Å². The number of hydrogen-bond acceptors (Lipinski definition) is 2. The molecule has 0 fully saturated rings. The van der Waals surface area contributed by atoms with E-state index in [1.54, 1.807) is 37.4 Å². The fourth-order valence-corrected chi connectivity index (χ4v) is 2.22. The molecule has 0 aliphatic carbocycles. The van der Waals surface area contributed by atoms with Gasteiger partial charge in [0.1, 0.15) is 5.69 Å². The van der Waals surface area contributed by atoms with Gasteiger partial charge >= 0.3 is 5.97 Å². The molecule has 1 aromatic carbocycles. The molecule has 2 rings (SSSR count). The zero-order valence-electron chi connectivity index (χ0n) is 9.67. The maximum Gasteiger partial charge on any atom is 0.355 e. The van der Waals surface area contributed by atoms with Crippen LogP contribution in [0.3, 0.4) is 0 Å². The fourth-order valence-electron chi connectivity index (χ4n) is 1.69. The molecule has 0 saturated carbocycles. The Hall–Kier alpha value is -1.45. The highest BCUT2D eigenvalue weighted by Crippen LogP contribution is 2.29. The quantitative estimate of drug-likeness (QED) is 0.860. The number of H-pyrrole nitrogens is 1. The van der Waals surface area contributed by atoms with Crippen LogP contribution >= 0.6 is 23.2 Å². The number of carbonyl (C=O) groups is 1. The van der Waals surface area contributed by atoms with Gasteiger partial charge in [-0.2, -0.15) is 0 Å². The maximum absolute atomic E-state index is 11.8. The van der Waals surface area contributed by atoms with Gasteiger partial charge in [0, 0.05) is 21.8 Å². The molecule has 1 aromatic heterocycles. The molecule has 0 radical (unpaired) electrons. The van der Waals surface area contributed by atoms with E-state index in [1.165, 1.54) is 0 Å². The number of carbonyl (C=O) groups excluding carboxylic acids is 1. The predicted molar refractivity (Wildman–Crippen MR) is 72.2 cm³/mol. The van der Waals surface area contributed by atoms with E-state index in [1.807, 2.05) is 0 Å². The number of rotatable bonds is 3. The summed E-state index contributed by atoms with van der Waals surface area (Å²) in [6.45, 7) is 2.09. The van der Waals surface area contributed by atoms with Gasteiger partial charge in [-0.3, -0.25) is 0 Å². The van der Waals surface area contributed by atoms with Crippen molar-refractivity contribution in [1.29, 1.82) is 0 Å². The first-order valence-electron chi connectivity index (χ1n) is 5.42. The summed E-state index contributed by atoms with van der Waals surface area (Å²) >= 11 is 11.9. The van der Waals surface area contributed by atoms with Gasteiger partial charge < -0.3 is 9.72 Å². The lowest BCUT2D eigenvalue weighted by molar-refractivity contribution is 0.0521. The smallest absolute Gasteiger partial charge is 0.355 e. The zero-order chi connectivity index (χ0) is 13.1. The number of aromatic nitrogens is 1. The first kappa shape index (κ1) is 13.0. The Morgan fingerprint density at radius 2 is 1.94 bits per heavy atom. The Kier molecular flexibility index (Phi) is 3.94. The summed E-state index contributed by atoms with van der Waals surface area (Å²) < 4.78 is 4.97. The second-order valence-corrected chi connectivity index (χ2v) is 4.52. The summed E-state index contributed by atoms with van der Waals surface area (Å²) in [7, 11) is 0. The van der Waals surface area contributed by atoms with E-state index in [9.17, 15) is 4.79 Å². The average Bonchev–Trinajstić information content (AvgIpc) is 2.76. The molecule has 0 aliphatic heterocycles. The molecule has 3 nitrogen and oxygen atoms in total. The number of benzene rings is 1. The number of hydrogen-bond donors (Lipinski definition) is 1. The van der Waals surface area contributed by atoms with Crippen molar-refractivity contribution in [3.8, 4) is 11.1 Å². The van der Waals surface area contributed by atoms with E-state index in [4.69, 9.17) is 27.9 Å². The molecule has 0 atom stereocenters. The van der Waals surface area contributed by atoms with Crippen LogP contribution in [0.4, 0.5) is 0 Å². The Morgan fingerprint density at radius 3 is 2.56 bits per heavy atom.